The number of halogens is 1. The lowest BCUT2D eigenvalue weighted by Gasteiger charge is -2.35. The molecule has 0 bridgehead atoms. The highest BCUT2D eigenvalue weighted by Gasteiger charge is 2.23. The molecule has 0 saturated carbocycles. The summed E-state index contributed by atoms with van der Waals surface area (Å²) in [5.74, 6) is 1.39. The average Bonchev–Trinajstić information content (AvgIpc) is 3.22. The lowest BCUT2D eigenvalue weighted by molar-refractivity contribution is 0.170. The number of nitrogens with zero attached hydrogens (tertiary/aromatic N) is 3. The number of hydrogen-bond donors (Lipinski definition) is 1. The number of anilines is 1. The van der Waals surface area contributed by atoms with Crippen molar-refractivity contribution in [3.8, 4) is 11.8 Å². The molecule has 31 heavy (non-hydrogen) atoms. The lowest BCUT2D eigenvalue weighted by atomic mass is 10.0. The van der Waals surface area contributed by atoms with Crippen LogP contribution in [0.1, 0.15) is 42.5 Å². The van der Waals surface area contributed by atoms with Gasteiger partial charge in [-0.25, -0.2) is 0 Å². The molecule has 7 heteroatoms. The quantitative estimate of drug-likeness (QED) is 0.508. The molecule has 2 heterocycles. The van der Waals surface area contributed by atoms with Crippen LogP contribution in [0.3, 0.4) is 0 Å². The molecule has 2 aromatic carbocycles. The molecule has 0 spiro atoms. The van der Waals surface area contributed by atoms with Crippen molar-refractivity contribution in [3.63, 3.8) is 0 Å². The number of aromatic nitrogens is 1. The fourth-order valence-corrected chi connectivity index (χ4v) is 3.98. The molecule has 0 amide bonds. The Morgan fingerprint density at radius 1 is 1.10 bits per heavy atom. The van der Waals surface area contributed by atoms with Crippen LogP contribution < -0.4 is 10.1 Å². The van der Waals surface area contributed by atoms with E-state index < -0.39 is 0 Å². The lowest BCUT2D eigenvalue weighted by Crippen LogP contribution is -2.37. The molecule has 1 aromatic heterocycles. The zero-order valence-electron chi connectivity index (χ0n) is 17.3. The van der Waals surface area contributed by atoms with Gasteiger partial charge in [-0.2, -0.15) is 10.2 Å². The SMILES string of the molecule is N#Cc1nc(COc2ccc(Cl)cc2)oc1NCC(c1ccccc1)N1CCCCC1. The van der Waals surface area contributed by atoms with Gasteiger partial charge in [-0.15, -0.1) is 0 Å². The monoisotopic (exact) mass is 436 g/mol. The number of nitrogens with one attached hydrogen (secondary N) is 1. The number of ether oxygens (including phenoxy) is 1. The Morgan fingerprint density at radius 2 is 1.84 bits per heavy atom. The molecule has 1 saturated heterocycles. The van der Waals surface area contributed by atoms with Gasteiger partial charge in [0.05, 0.1) is 6.04 Å². The number of oxazole rings is 1. The Bertz CT molecular complexity index is 1010. The predicted molar refractivity (Wildman–Crippen MR) is 120 cm³/mol. The third kappa shape index (κ3) is 5.57. The molecule has 1 aliphatic rings. The molecule has 3 aromatic rings. The van der Waals surface area contributed by atoms with E-state index >= 15 is 0 Å². The van der Waals surface area contributed by atoms with Gasteiger partial charge in [0.25, 0.3) is 0 Å². The smallest absolute Gasteiger partial charge is 0.236 e. The number of likely N-dealkylation sites (tertiary alicyclic amines) is 1. The zero-order valence-corrected chi connectivity index (χ0v) is 18.0. The van der Waals surface area contributed by atoms with E-state index in [1.165, 1.54) is 24.8 Å². The normalized spacial score (nSPS) is 15.2. The van der Waals surface area contributed by atoms with E-state index in [-0.39, 0.29) is 18.3 Å². The fraction of sp³-hybridized carbons (Fsp3) is 0.333. The molecular weight excluding hydrogens is 412 g/mol. The molecule has 0 radical (unpaired) electrons. The van der Waals surface area contributed by atoms with Crippen LogP contribution in [0.5, 0.6) is 5.75 Å². The standard InChI is InChI=1S/C24H25ClN4O2/c25-19-9-11-20(12-10-19)30-17-23-28-21(15-26)24(31-23)27-16-22(18-7-3-1-4-8-18)29-13-5-2-6-14-29/h1,3-4,7-12,22,27H,2,5-6,13-14,16-17H2. The van der Waals surface area contributed by atoms with Crippen LogP contribution in [0.25, 0.3) is 0 Å². The average molecular weight is 437 g/mol. The van der Waals surface area contributed by atoms with Gasteiger partial charge in [-0.3, -0.25) is 4.90 Å². The highest BCUT2D eigenvalue weighted by atomic mass is 35.5. The Balaban J connectivity index is 1.44. The van der Waals surface area contributed by atoms with Gasteiger partial charge in [0.1, 0.15) is 11.8 Å². The van der Waals surface area contributed by atoms with Crippen LogP contribution >= 0.6 is 11.6 Å². The van der Waals surface area contributed by atoms with Crippen LogP contribution in [0.15, 0.2) is 59.0 Å². The maximum Gasteiger partial charge on any atom is 0.236 e. The van der Waals surface area contributed by atoms with Crippen molar-refractivity contribution in [2.45, 2.75) is 31.9 Å². The summed E-state index contributed by atoms with van der Waals surface area (Å²) in [5.41, 5.74) is 1.49. The van der Waals surface area contributed by atoms with E-state index in [1.54, 1.807) is 24.3 Å². The first-order valence-electron chi connectivity index (χ1n) is 10.5. The van der Waals surface area contributed by atoms with Crippen LogP contribution in [-0.4, -0.2) is 29.5 Å². The van der Waals surface area contributed by atoms with E-state index in [4.69, 9.17) is 20.8 Å². The molecule has 1 unspecified atom stereocenters. The first kappa shape index (κ1) is 21.2. The minimum absolute atomic E-state index is 0.131. The Hall–Kier alpha value is -3.01. The van der Waals surface area contributed by atoms with Crippen LogP contribution in [0, 0.1) is 11.3 Å². The minimum Gasteiger partial charge on any atom is -0.484 e. The molecule has 1 N–H and O–H groups in total. The first-order chi connectivity index (χ1) is 15.2. The molecule has 6 nitrogen and oxygen atoms in total. The molecular formula is C24H25ClN4O2. The van der Waals surface area contributed by atoms with E-state index in [1.807, 2.05) is 6.07 Å². The topological polar surface area (TPSA) is 74.3 Å². The van der Waals surface area contributed by atoms with Gasteiger partial charge in [0.15, 0.2) is 6.61 Å². The summed E-state index contributed by atoms with van der Waals surface area (Å²) < 4.78 is 11.5. The van der Waals surface area contributed by atoms with Gasteiger partial charge >= 0.3 is 0 Å². The van der Waals surface area contributed by atoms with Crippen molar-refractivity contribution in [2.24, 2.45) is 0 Å². The number of hydrogen-bond acceptors (Lipinski definition) is 6. The summed E-state index contributed by atoms with van der Waals surface area (Å²) in [7, 11) is 0. The van der Waals surface area contributed by atoms with Gasteiger partial charge in [0.2, 0.25) is 17.5 Å². The van der Waals surface area contributed by atoms with Crippen LogP contribution in [-0.2, 0) is 6.61 Å². The van der Waals surface area contributed by atoms with E-state index in [0.717, 1.165) is 13.1 Å². The molecule has 1 aliphatic heterocycles. The van der Waals surface area contributed by atoms with E-state index in [2.05, 4.69) is 45.5 Å². The Labute approximate surface area is 187 Å². The number of rotatable bonds is 8. The van der Waals surface area contributed by atoms with Crippen molar-refractivity contribution in [1.29, 1.82) is 5.26 Å². The van der Waals surface area contributed by atoms with Crippen molar-refractivity contribution >= 4 is 17.5 Å². The molecule has 1 atom stereocenters. The van der Waals surface area contributed by atoms with E-state index in [9.17, 15) is 5.26 Å². The number of piperidine rings is 1. The maximum absolute atomic E-state index is 9.50. The highest BCUT2D eigenvalue weighted by Crippen LogP contribution is 2.26. The number of nitriles is 1. The van der Waals surface area contributed by atoms with Crippen molar-refractivity contribution in [3.05, 3.63) is 76.8 Å². The third-order valence-electron chi connectivity index (χ3n) is 5.43. The van der Waals surface area contributed by atoms with Crippen molar-refractivity contribution in [1.82, 2.24) is 9.88 Å². The van der Waals surface area contributed by atoms with Gasteiger partial charge in [-0.05, 0) is 55.8 Å². The molecule has 160 valence electrons. The first-order valence-corrected chi connectivity index (χ1v) is 10.9. The molecule has 4 rings (SSSR count). The second kappa shape index (κ2) is 10.3. The fourth-order valence-electron chi connectivity index (χ4n) is 3.85. The summed E-state index contributed by atoms with van der Waals surface area (Å²) in [6.45, 7) is 2.91. The summed E-state index contributed by atoms with van der Waals surface area (Å²) in [6, 6.07) is 19.8. The largest absolute Gasteiger partial charge is 0.484 e. The second-order valence-electron chi connectivity index (χ2n) is 7.54. The van der Waals surface area contributed by atoms with E-state index in [0.29, 0.717) is 29.1 Å². The van der Waals surface area contributed by atoms with Crippen molar-refractivity contribution < 1.29 is 9.15 Å². The minimum atomic E-state index is 0.131. The Morgan fingerprint density at radius 3 is 2.55 bits per heavy atom. The summed E-state index contributed by atoms with van der Waals surface area (Å²) >= 11 is 5.90. The van der Waals surface area contributed by atoms with Gasteiger partial charge in [-0.1, -0.05) is 48.4 Å². The predicted octanol–water partition coefficient (Wildman–Crippen LogP) is 5.42. The van der Waals surface area contributed by atoms with Crippen molar-refractivity contribution in [2.75, 3.05) is 25.0 Å². The third-order valence-corrected chi connectivity index (χ3v) is 5.68. The summed E-state index contributed by atoms with van der Waals surface area (Å²) in [4.78, 5) is 6.77. The molecule has 1 fully saturated rings. The number of benzene rings is 2. The maximum atomic E-state index is 9.50. The second-order valence-corrected chi connectivity index (χ2v) is 7.98. The summed E-state index contributed by atoms with van der Waals surface area (Å²) in [6.07, 6.45) is 3.70. The summed E-state index contributed by atoms with van der Waals surface area (Å²) in [5, 5.41) is 13.5. The zero-order chi connectivity index (χ0) is 21.5. The van der Waals surface area contributed by atoms with Crippen LogP contribution in [0.2, 0.25) is 5.02 Å². The highest BCUT2D eigenvalue weighted by molar-refractivity contribution is 6.30. The van der Waals surface area contributed by atoms with Crippen LogP contribution in [0.4, 0.5) is 5.88 Å². The molecule has 0 aliphatic carbocycles. The Kier molecular flexibility index (Phi) is 7.08. The van der Waals surface area contributed by atoms with Gasteiger partial charge in [0, 0.05) is 11.6 Å². The van der Waals surface area contributed by atoms with Gasteiger partial charge < -0.3 is 14.5 Å².